The average molecular weight is 479 g/mol. The van der Waals surface area contributed by atoms with Gasteiger partial charge in [0.25, 0.3) is 0 Å². The van der Waals surface area contributed by atoms with Crippen molar-refractivity contribution in [1.29, 1.82) is 0 Å². The number of ether oxygens (including phenoxy) is 1. The summed E-state index contributed by atoms with van der Waals surface area (Å²) in [6, 6.07) is 10.6. The van der Waals surface area contributed by atoms with Gasteiger partial charge >= 0.3 is 6.09 Å². The largest absolute Gasteiger partial charge is 0.481 e. The zero-order chi connectivity index (χ0) is 24.5. The van der Waals surface area contributed by atoms with Gasteiger partial charge in [-0.3, -0.25) is 0 Å². The second-order valence-corrected chi connectivity index (χ2v) is 8.37. The lowest BCUT2D eigenvalue weighted by Gasteiger charge is -2.32. The molecule has 0 spiro atoms. The molecular weight excluding hydrogens is 456 g/mol. The van der Waals surface area contributed by atoms with Gasteiger partial charge in [-0.25, -0.2) is 18.6 Å². The molecule has 1 saturated heterocycles. The fourth-order valence-corrected chi connectivity index (χ4v) is 4.46. The van der Waals surface area contributed by atoms with Crippen LogP contribution in [0.25, 0.3) is 33.3 Å². The first kappa shape index (κ1) is 22.6. The molecule has 3 heterocycles. The highest BCUT2D eigenvalue weighted by Gasteiger charge is 2.24. The van der Waals surface area contributed by atoms with E-state index in [4.69, 9.17) is 14.8 Å². The number of aromatic amines is 1. The molecule has 0 saturated carbocycles. The van der Waals surface area contributed by atoms with E-state index in [-0.39, 0.29) is 11.6 Å². The summed E-state index contributed by atoms with van der Waals surface area (Å²) in [4.78, 5) is 25.3. The molecule has 0 unspecified atom stereocenters. The molecule has 2 aromatic carbocycles. The number of hydrogen-bond donors (Lipinski definition) is 3. The Bertz CT molecular complexity index is 1380. The molecule has 35 heavy (non-hydrogen) atoms. The van der Waals surface area contributed by atoms with Gasteiger partial charge in [0.1, 0.15) is 11.6 Å². The van der Waals surface area contributed by atoms with E-state index in [9.17, 15) is 13.6 Å². The fraction of sp³-hybridized carbons (Fsp3) is 0.240. The Hall–Kier alpha value is -4.21. The van der Waals surface area contributed by atoms with Crippen LogP contribution in [0.5, 0.6) is 5.88 Å². The highest BCUT2D eigenvalue weighted by atomic mass is 19.1. The number of carbonyl (C=O) groups is 1. The van der Waals surface area contributed by atoms with Crippen molar-refractivity contribution in [2.45, 2.75) is 18.9 Å². The zero-order valence-electron chi connectivity index (χ0n) is 18.9. The van der Waals surface area contributed by atoms with Gasteiger partial charge in [-0.15, -0.1) is 0 Å². The van der Waals surface area contributed by atoms with Crippen LogP contribution < -0.4 is 15.0 Å². The number of benzene rings is 2. The second-order valence-electron chi connectivity index (χ2n) is 8.37. The van der Waals surface area contributed by atoms with E-state index >= 15 is 0 Å². The normalized spacial score (nSPS) is 14.3. The van der Waals surface area contributed by atoms with Gasteiger partial charge in [-0.2, -0.15) is 4.98 Å². The maximum Gasteiger partial charge on any atom is 0.404 e. The van der Waals surface area contributed by atoms with E-state index in [1.165, 1.54) is 25.3 Å². The van der Waals surface area contributed by atoms with Crippen LogP contribution in [0.15, 0.2) is 48.7 Å². The zero-order valence-corrected chi connectivity index (χ0v) is 18.9. The summed E-state index contributed by atoms with van der Waals surface area (Å²) < 4.78 is 34.2. The maximum absolute atomic E-state index is 14.4. The third-order valence-corrected chi connectivity index (χ3v) is 6.21. The molecule has 0 aliphatic carbocycles. The number of rotatable bonds is 5. The molecule has 1 fully saturated rings. The molecule has 0 bridgehead atoms. The number of methoxy groups -OCH3 is 1. The topological polar surface area (TPSA) is 103 Å². The minimum atomic E-state index is -1.03. The van der Waals surface area contributed by atoms with Gasteiger partial charge in [0.15, 0.2) is 0 Å². The number of halogens is 2. The van der Waals surface area contributed by atoms with Crippen LogP contribution in [0, 0.1) is 11.6 Å². The average Bonchev–Trinajstić information content (AvgIpc) is 3.27. The molecule has 1 aliphatic rings. The Balaban J connectivity index is 1.52. The minimum Gasteiger partial charge on any atom is -0.481 e. The Kier molecular flexibility index (Phi) is 5.94. The summed E-state index contributed by atoms with van der Waals surface area (Å²) in [6.07, 6.45) is 2.03. The van der Waals surface area contributed by atoms with E-state index < -0.39 is 17.7 Å². The van der Waals surface area contributed by atoms with E-state index in [2.05, 4.69) is 15.3 Å². The number of carboxylic acid groups (broad SMARTS) is 1. The summed E-state index contributed by atoms with van der Waals surface area (Å²) in [5.41, 5.74) is 2.46. The van der Waals surface area contributed by atoms with Crippen LogP contribution in [-0.4, -0.2) is 52.4 Å². The van der Waals surface area contributed by atoms with Crippen molar-refractivity contribution in [2.75, 3.05) is 25.1 Å². The van der Waals surface area contributed by atoms with E-state index in [1.54, 1.807) is 30.5 Å². The standard InChI is InChI=1S/C25H23F2N5O3/c1-35-22-12-21(30-24(31-22)32-9-7-15(8-10-32)29-25(33)34)17-13-28-20-6-5-14(11-16(17)20)23-18(26)3-2-4-19(23)27/h2-6,11-13,15,28-29H,7-10H2,1H3,(H,33,34). The number of nitrogens with zero attached hydrogens (tertiary/aromatic N) is 3. The van der Waals surface area contributed by atoms with Gasteiger partial charge < -0.3 is 25.0 Å². The number of H-pyrrole nitrogens is 1. The summed E-state index contributed by atoms with van der Waals surface area (Å²) in [5, 5.41) is 12.2. The van der Waals surface area contributed by atoms with Crippen molar-refractivity contribution < 1.29 is 23.4 Å². The number of hydrogen-bond acceptors (Lipinski definition) is 5. The summed E-state index contributed by atoms with van der Waals surface area (Å²) in [7, 11) is 1.52. The number of piperidine rings is 1. The highest BCUT2D eigenvalue weighted by molar-refractivity contribution is 5.97. The predicted molar refractivity (Wildman–Crippen MR) is 128 cm³/mol. The molecule has 3 N–H and O–H groups in total. The molecule has 1 amide bonds. The lowest BCUT2D eigenvalue weighted by molar-refractivity contribution is 0.187. The number of aromatic nitrogens is 3. The molecule has 10 heteroatoms. The third-order valence-electron chi connectivity index (χ3n) is 6.21. The SMILES string of the molecule is COc1cc(-c2c[nH]c3ccc(-c4c(F)cccc4F)cc23)nc(N2CCC(NC(=O)O)CC2)n1. The minimum absolute atomic E-state index is 0.0830. The predicted octanol–water partition coefficient (Wildman–Crippen LogP) is 4.82. The fourth-order valence-electron chi connectivity index (χ4n) is 4.46. The van der Waals surface area contributed by atoms with Crippen LogP contribution in [0.2, 0.25) is 0 Å². The van der Waals surface area contributed by atoms with Crippen molar-refractivity contribution in [1.82, 2.24) is 20.3 Å². The first-order valence-electron chi connectivity index (χ1n) is 11.2. The number of nitrogens with one attached hydrogen (secondary N) is 2. The van der Waals surface area contributed by atoms with Crippen molar-refractivity contribution in [2.24, 2.45) is 0 Å². The van der Waals surface area contributed by atoms with Gasteiger partial charge in [0.2, 0.25) is 11.8 Å². The van der Waals surface area contributed by atoms with Gasteiger partial charge in [0.05, 0.1) is 18.4 Å². The highest BCUT2D eigenvalue weighted by Crippen LogP contribution is 2.35. The molecule has 0 radical (unpaired) electrons. The summed E-state index contributed by atoms with van der Waals surface area (Å²) in [6.45, 7) is 1.17. The van der Waals surface area contributed by atoms with Gasteiger partial charge in [-0.05, 0) is 42.7 Å². The molecule has 0 atom stereocenters. The van der Waals surface area contributed by atoms with E-state index in [0.29, 0.717) is 49.0 Å². The maximum atomic E-state index is 14.4. The summed E-state index contributed by atoms with van der Waals surface area (Å²) in [5.74, 6) is -0.415. The molecule has 1 aliphatic heterocycles. The third kappa shape index (κ3) is 4.46. The van der Waals surface area contributed by atoms with Crippen LogP contribution >= 0.6 is 0 Å². The van der Waals surface area contributed by atoms with E-state index in [0.717, 1.165) is 16.5 Å². The van der Waals surface area contributed by atoms with Crippen LogP contribution in [0.3, 0.4) is 0 Å². The van der Waals surface area contributed by atoms with Gasteiger partial charge in [-0.1, -0.05) is 12.1 Å². The Morgan fingerprint density at radius 3 is 2.57 bits per heavy atom. The van der Waals surface area contributed by atoms with Crippen LogP contribution in [0.4, 0.5) is 19.5 Å². The number of anilines is 1. The quantitative estimate of drug-likeness (QED) is 0.379. The molecule has 5 rings (SSSR count). The van der Waals surface area contributed by atoms with Crippen molar-refractivity contribution >= 4 is 22.9 Å². The molecule has 4 aromatic rings. The Morgan fingerprint density at radius 2 is 1.89 bits per heavy atom. The molecular formula is C25H23F2N5O3. The molecule has 8 nitrogen and oxygen atoms in total. The molecule has 180 valence electrons. The Morgan fingerprint density at radius 1 is 1.14 bits per heavy atom. The van der Waals surface area contributed by atoms with E-state index in [1.807, 2.05) is 4.90 Å². The lowest BCUT2D eigenvalue weighted by atomic mass is 10.0. The van der Waals surface area contributed by atoms with Crippen molar-refractivity contribution in [3.8, 4) is 28.3 Å². The second kappa shape index (κ2) is 9.21. The Labute approximate surface area is 199 Å². The first-order chi connectivity index (χ1) is 16.9. The first-order valence-corrected chi connectivity index (χ1v) is 11.2. The van der Waals surface area contributed by atoms with Crippen LogP contribution in [-0.2, 0) is 0 Å². The molecule has 2 aromatic heterocycles. The van der Waals surface area contributed by atoms with Crippen molar-refractivity contribution in [3.63, 3.8) is 0 Å². The lowest BCUT2D eigenvalue weighted by Crippen LogP contribution is -2.44. The number of amides is 1. The summed E-state index contributed by atoms with van der Waals surface area (Å²) >= 11 is 0. The van der Waals surface area contributed by atoms with Crippen LogP contribution in [0.1, 0.15) is 12.8 Å². The smallest absolute Gasteiger partial charge is 0.404 e. The monoisotopic (exact) mass is 479 g/mol. The van der Waals surface area contributed by atoms with Crippen molar-refractivity contribution in [3.05, 3.63) is 60.3 Å². The van der Waals surface area contributed by atoms with Gasteiger partial charge in [0, 0.05) is 47.9 Å². The number of fused-ring (bicyclic) bond motifs is 1.